The zero-order chi connectivity index (χ0) is 37.6. The molecule has 4 heterocycles. The van der Waals surface area contributed by atoms with E-state index >= 15 is 0 Å². The number of H-pyrrole nitrogens is 2. The second kappa shape index (κ2) is 15.9. The highest BCUT2D eigenvalue weighted by atomic mass is 32.1. The second-order valence-corrected chi connectivity index (χ2v) is 13.2. The molecule has 0 spiro atoms. The Labute approximate surface area is 321 Å². The van der Waals surface area contributed by atoms with Gasteiger partial charge in [-0.2, -0.15) is 34.4 Å². The van der Waals surface area contributed by atoms with E-state index in [0.717, 1.165) is 56.2 Å². The number of hydrogen-bond acceptors (Lipinski definition) is 8. The van der Waals surface area contributed by atoms with Gasteiger partial charge in [-0.05, 0) is 86.5 Å². The van der Waals surface area contributed by atoms with E-state index in [1.54, 1.807) is 31.1 Å². The zero-order valence-electron chi connectivity index (χ0n) is 30.0. The molecule has 268 valence electrons. The van der Waals surface area contributed by atoms with E-state index in [1.807, 2.05) is 149 Å². The van der Waals surface area contributed by atoms with Gasteiger partial charge in [-0.25, -0.2) is 14.9 Å². The van der Waals surface area contributed by atoms with Crippen LogP contribution in [0.2, 0.25) is 0 Å². The second-order valence-electron chi connectivity index (χ2n) is 12.4. The van der Waals surface area contributed by atoms with Crippen molar-refractivity contribution in [3.05, 3.63) is 165 Å². The van der Waals surface area contributed by atoms with E-state index in [0.29, 0.717) is 21.4 Å². The quantitative estimate of drug-likeness (QED) is 0.118. The molecule has 8 aromatic rings. The maximum atomic E-state index is 5.38. The van der Waals surface area contributed by atoms with Crippen molar-refractivity contribution in [1.29, 1.82) is 0 Å². The third kappa shape index (κ3) is 7.74. The van der Waals surface area contributed by atoms with Crippen molar-refractivity contribution in [3.63, 3.8) is 0 Å². The zero-order valence-corrected chi connectivity index (χ0v) is 31.6. The van der Waals surface area contributed by atoms with Gasteiger partial charge in [-0.15, -0.1) is 10.2 Å². The standard InChI is InChI=1S/2C20H18N6S/c1-14-8-6-7-11-17(14)13-21-26-19(22-23-20(26)27)25-15(2)12-18(24-25)16-9-4-3-5-10-16;1-14-8-6-7-11-17(14)13-21-26-19(22-23-20(26)27)25-18(12-15(2)24-25)16-9-4-3-5-10-16/h2*3-13H,1-2H3,(H,23,27)/b2*21-13+. The SMILES string of the molecule is Cc1cc(-c2ccccc2)n(-c2n[nH]c(=S)n2/N=C/c2ccccc2C)n1.Cc1ccccc1/C=N/n1c(-n2nc(-c3ccccc3)cc2C)n[nH]c1=S. The summed E-state index contributed by atoms with van der Waals surface area (Å²) in [4.78, 5) is 0. The van der Waals surface area contributed by atoms with E-state index in [2.05, 4.69) is 40.8 Å². The fraction of sp³-hybridized carbons (Fsp3) is 0.100. The van der Waals surface area contributed by atoms with Gasteiger partial charge < -0.3 is 0 Å². The first-order chi connectivity index (χ1) is 26.3. The maximum Gasteiger partial charge on any atom is 0.272 e. The van der Waals surface area contributed by atoms with E-state index < -0.39 is 0 Å². The van der Waals surface area contributed by atoms with Gasteiger partial charge >= 0.3 is 0 Å². The summed E-state index contributed by atoms with van der Waals surface area (Å²) in [5, 5.41) is 32.7. The first kappa shape index (κ1) is 35.7. The Morgan fingerprint density at radius 3 is 1.57 bits per heavy atom. The number of aromatic nitrogens is 10. The normalized spacial score (nSPS) is 11.3. The van der Waals surface area contributed by atoms with Crippen molar-refractivity contribution in [2.75, 3.05) is 0 Å². The van der Waals surface area contributed by atoms with Crippen LogP contribution in [-0.2, 0) is 0 Å². The van der Waals surface area contributed by atoms with Gasteiger partial charge in [-0.3, -0.25) is 0 Å². The number of hydrogen-bond donors (Lipinski definition) is 2. The molecule has 0 atom stereocenters. The Kier molecular flexibility index (Phi) is 10.6. The number of nitrogens with zero attached hydrogens (tertiary/aromatic N) is 10. The lowest BCUT2D eigenvalue weighted by Crippen LogP contribution is -2.07. The first-order valence-electron chi connectivity index (χ1n) is 17.1. The highest BCUT2D eigenvalue weighted by molar-refractivity contribution is 7.71. The lowest BCUT2D eigenvalue weighted by atomic mass is 10.1. The molecule has 8 rings (SSSR count). The van der Waals surface area contributed by atoms with Crippen LogP contribution in [0.25, 0.3) is 34.4 Å². The highest BCUT2D eigenvalue weighted by Crippen LogP contribution is 2.24. The Morgan fingerprint density at radius 1 is 0.556 bits per heavy atom. The number of aromatic amines is 2. The summed E-state index contributed by atoms with van der Waals surface area (Å²) < 4.78 is 7.47. The molecule has 14 heteroatoms. The molecule has 0 radical (unpaired) electrons. The number of nitrogens with one attached hydrogen (secondary N) is 2. The molecule has 12 nitrogen and oxygen atoms in total. The average molecular weight is 749 g/mol. The highest BCUT2D eigenvalue weighted by Gasteiger charge is 2.16. The van der Waals surface area contributed by atoms with Gasteiger partial charge in [0.15, 0.2) is 0 Å². The van der Waals surface area contributed by atoms with Gasteiger partial charge in [0.1, 0.15) is 0 Å². The van der Waals surface area contributed by atoms with E-state index in [9.17, 15) is 0 Å². The molecule has 0 aliphatic rings. The van der Waals surface area contributed by atoms with Gasteiger partial charge in [-0.1, -0.05) is 109 Å². The summed E-state index contributed by atoms with van der Waals surface area (Å²) in [5.74, 6) is 1.03. The average Bonchev–Trinajstić information content (AvgIpc) is 3.97. The lowest BCUT2D eigenvalue weighted by Gasteiger charge is -2.06. The van der Waals surface area contributed by atoms with Gasteiger partial charge in [0.25, 0.3) is 11.9 Å². The van der Waals surface area contributed by atoms with Crippen LogP contribution in [0.15, 0.2) is 132 Å². The summed E-state index contributed by atoms with van der Waals surface area (Å²) in [6.07, 6.45) is 3.56. The fourth-order valence-corrected chi connectivity index (χ4v) is 5.99. The topological polar surface area (TPSA) is 128 Å². The fourth-order valence-electron chi connectivity index (χ4n) is 5.65. The molecule has 4 aromatic heterocycles. The first-order valence-corrected chi connectivity index (χ1v) is 17.9. The van der Waals surface area contributed by atoms with E-state index in [4.69, 9.17) is 24.4 Å². The summed E-state index contributed by atoms with van der Waals surface area (Å²) in [6, 6.07) is 40.2. The van der Waals surface area contributed by atoms with Crippen molar-refractivity contribution in [2.24, 2.45) is 10.2 Å². The Hall–Kier alpha value is -6.64. The lowest BCUT2D eigenvalue weighted by molar-refractivity contribution is 0.720. The molecule has 0 saturated carbocycles. The van der Waals surface area contributed by atoms with Gasteiger partial charge in [0.05, 0.1) is 29.5 Å². The predicted octanol–water partition coefficient (Wildman–Crippen LogP) is 8.58. The van der Waals surface area contributed by atoms with E-state index in [1.165, 1.54) is 0 Å². The van der Waals surface area contributed by atoms with Crippen molar-refractivity contribution in [3.8, 4) is 34.4 Å². The number of benzene rings is 4. The third-order valence-corrected chi connectivity index (χ3v) is 9.03. The molecular weight excluding hydrogens is 713 g/mol. The minimum absolute atomic E-state index is 0.405. The monoisotopic (exact) mass is 748 g/mol. The Morgan fingerprint density at radius 2 is 1.04 bits per heavy atom. The molecule has 4 aromatic carbocycles. The van der Waals surface area contributed by atoms with Crippen LogP contribution in [-0.4, -0.2) is 61.7 Å². The molecule has 0 fully saturated rings. The summed E-state index contributed by atoms with van der Waals surface area (Å²) in [5.41, 5.74) is 10.0. The molecule has 54 heavy (non-hydrogen) atoms. The summed E-state index contributed by atoms with van der Waals surface area (Å²) in [6.45, 7) is 8.01. The minimum atomic E-state index is 0.405. The minimum Gasteiger partial charge on any atom is -0.248 e. The molecule has 0 aliphatic heterocycles. The molecule has 0 bridgehead atoms. The predicted molar refractivity (Wildman–Crippen MR) is 218 cm³/mol. The molecule has 0 saturated heterocycles. The van der Waals surface area contributed by atoms with Crippen LogP contribution >= 0.6 is 24.4 Å². The van der Waals surface area contributed by atoms with Crippen LogP contribution in [0, 0.1) is 37.2 Å². The van der Waals surface area contributed by atoms with Crippen LogP contribution in [0.1, 0.15) is 33.6 Å². The number of rotatable bonds is 8. The maximum absolute atomic E-state index is 5.38. The Bertz CT molecular complexity index is 2710. The van der Waals surface area contributed by atoms with Crippen molar-refractivity contribution >= 4 is 36.9 Å². The van der Waals surface area contributed by atoms with Crippen LogP contribution in [0.5, 0.6) is 0 Å². The largest absolute Gasteiger partial charge is 0.272 e. The smallest absolute Gasteiger partial charge is 0.248 e. The molecular formula is C40H36N12S2. The van der Waals surface area contributed by atoms with Gasteiger partial charge in [0.2, 0.25) is 9.54 Å². The summed E-state index contributed by atoms with van der Waals surface area (Å²) >= 11 is 10.7. The van der Waals surface area contributed by atoms with Crippen molar-refractivity contribution in [2.45, 2.75) is 27.7 Å². The van der Waals surface area contributed by atoms with Crippen molar-refractivity contribution < 1.29 is 0 Å². The molecule has 0 amide bonds. The molecule has 2 N–H and O–H groups in total. The van der Waals surface area contributed by atoms with Crippen LogP contribution in [0.4, 0.5) is 0 Å². The van der Waals surface area contributed by atoms with Crippen molar-refractivity contribution in [1.82, 2.24) is 49.3 Å². The molecule has 0 unspecified atom stereocenters. The van der Waals surface area contributed by atoms with Gasteiger partial charge in [0, 0.05) is 16.8 Å². The van der Waals surface area contributed by atoms with Crippen LogP contribution in [0.3, 0.4) is 0 Å². The Balaban J connectivity index is 0.000000167. The van der Waals surface area contributed by atoms with E-state index in [-0.39, 0.29) is 0 Å². The summed E-state index contributed by atoms with van der Waals surface area (Å²) in [7, 11) is 0. The third-order valence-electron chi connectivity index (χ3n) is 8.51. The number of aryl methyl sites for hydroxylation is 4. The van der Waals surface area contributed by atoms with Crippen LogP contribution < -0.4 is 0 Å². The molecule has 0 aliphatic carbocycles.